The maximum absolute atomic E-state index is 10.2. The smallest absolute Gasteiger partial charge is 0.115 e. The van der Waals surface area contributed by atoms with E-state index in [1.165, 1.54) is 22.3 Å². The largest absolute Gasteiger partial charge is 0.508 e. The Bertz CT molecular complexity index is 1640. The molecule has 0 aromatic heterocycles. The van der Waals surface area contributed by atoms with Gasteiger partial charge in [-0.1, -0.05) is 72.8 Å². The third-order valence-corrected chi connectivity index (χ3v) is 12.6. The molecule has 3 saturated heterocycles. The first-order chi connectivity index (χ1) is 25.4. The van der Waals surface area contributed by atoms with Gasteiger partial charge in [0, 0.05) is 72.0 Å². The van der Waals surface area contributed by atoms with Gasteiger partial charge in [0.05, 0.1) is 0 Å². The van der Waals surface area contributed by atoms with Crippen LogP contribution in [0.1, 0.15) is 71.6 Å². The standard InChI is InChI=1S/C44H48N4O4/c49-29-9-1-25(2-10-29)41-33-17-19-35(45-33)42(26-3-11-30(50)12-4-26)37-21-23-39(47-37)44(28-7-15-32(52)16-8-28)40-24-22-38(48-40)43(36-20-18-34(41)46-36)27-5-13-31(51)14-6-27/h1-17,19,22,24,33-52H,18,20-21,23H2. The molecule has 5 heterocycles. The summed E-state index contributed by atoms with van der Waals surface area (Å²) >= 11 is 0. The normalized spacial score (nSPS) is 35.2. The molecule has 8 N–H and O–H groups in total. The third kappa shape index (κ3) is 6.28. The molecule has 0 amide bonds. The van der Waals surface area contributed by atoms with Gasteiger partial charge in [-0.25, -0.2) is 0 Å². The Morgan fingerprint density at radius 1 is 0.308 bits per heavy atom. The van der Waals surface area contributed by atoms with Crippen molar-refractivity contribution in [3.05, 3.63) is 144 Å². The predicted octanol–water partition coefficient (Wildman–Crippen LogP) is 5.99. The van der Waals surface area contributed by atoms with Gasteiger partial charge < -0.3 is 41.7 Å². The number of fused-ring (bicyclic) bond motifs is 8. The fourth-order valence-electron chi connectivity index (χ4n) is 10.3. The van der Waals surface area contributed by atoms with Gasteiger partial charge in [0.15, 0.2) is 0 Å². The number of benzene rings is 4. The minimum atomic E-state index is 0.0706. The summed E-state index contributed by atoms with van der Waals surface area (Å²) in [4.78, 5) is 0. The summed E-state index contributed by atoms with van der Waals surface area (Å²) in [5, 5.41) is 57.5. The summed E-state index contributed by atoms with van der Waals surface area (Å²) < 4.78 is 0. The monoisotopic (exact) mass is 696 g/mol. The quantitative estimate of drug-likeness (QED) is 0.122. The van der Waals surface area contributed by atoms with E-state index in [2.05, 4.69) is 94.1 Å². The Hall–Kier alpha value is -4.60. The molecule has 5 aliphatic rings. The fourth-order valence-corrected chi connectivity index (χ4v) is 10.3. The molecule has 8 bridgehead atoms. The van der Waals surface area contributed by atoms with E-state index in [1.54, 1.807) is 48.5 Å². The number of phenolic OH excluding ortho intramolecular Hbond substituents is 4. The zero-order valence-electron chi connectivity index (χ0n) is 29.1. The zero-order valence-corrected chi connectivity index (χ0v) is 29.1. The fraction of sp³-hybridized carbons (Fsp3) is 0.364. The van der Waals surface area contributed by atoms with E-state index in [-0.39, 0.29) is 95.0 Å². The minimum Gasteiger partial charge on any atom is -0.508 e. The Balaban J connectivity index is 1.14. The molecule has 4 aromatic carbocycles. The molecule has 0 spiro atoms. The highest BCUT2D eigenvalue weighted by Crippen LogP contribution is 2.44. The van der Waals surface area contributed by atoms with Crippen molar-refractivity contribution in [3.8, 4) is 23.0 Å². The van der Waals surface area contributed by atoms with Crippen LogP contribution in [0.5, 0.6) is 23.0 Å². The molecule has 0 saturated carbocycles. The summed E-state index contributed by atoms with van der Waals surface area (Å²) in [5.41, 5.74) is 4.77. The topological polar surface area (TPSA) is 129 Å². The van der Waals surface area contributed by atoms with Crippen molar-refractivity contribution >= 4 is 0 Å². The van der Waals surface area contributed by atoms with Crippen molar-refractivity contribution in [3.63, 3.8) is 0 Å². The first-order valence-corrected chi connectivity index (χ1v) is 18.9. The Morgan fingerprint density at radius 3 is 0.731 bits per heavy atom. The first kappa shape index (κ1) is 33.3. The minimum absolute atomic E-state index is 0.0706. The van der Waals surface area contributed by atoms with Crippen LogP contribution in [0.15, 0.2) is 121 Å². The Kier molecular flexibility index (Phi) is 8.79. The van der Waals surface area contributed by atoms with Gasteiger partial charge in [-0.15, -0.1) is 0 Å². The predicted molar refractivity (Wildman–Crippen MR) is 203 cm³/mol. The van der Waals surface area contributed by atoms with E-state index in [9.17, 15) is 20.4 Å². The van der Waals surface area contributed by atoms with E-state index < -0.39 is 0 Å². The molecule has 8 heteroatoms. The number of hydrogen-bond acceptors (Lipinski definition) is 8. The molecule has 0 aliphatic carbocycles. The van der Waals surface area contributed by atoms with Crippen LogP contribution in [0.25, 0.3) is 0 Å². The van der Waals surface area contributed by atoms with Gasteiger partial charge in [-0.05, 0) is 96.5 Å². The highest BCUT2D eigenvalue weighted by Gasteiger charge is 2.47. The molecule has 12 atom stereocenters. The molecule has 268 valence electrons. The molecule has 4 aromatic rings. The lowest BCUT2D eigenvalue weighted by molar-refractivity contribution is 0.316. The maximum Gasteiger partial charge on any atom is 0.115 e. The van der Waals surface area contributed by atoms with Crippen molar-refractivity contribution in [1.29, 1.82) is 0 Å². The van der Waals surface area contributed by atoms with Crippen LogP contribution in [-0.4, -0.2) is 68.8 Å². The van der Waals surface area contributed by atoms with Gasteiger partial charge in [0.1, 0.15) is 23.0 Å². The van der Waals surface area contributed by atoms with Crippen LogP contribution in [-0.2, 0) is 0 Å². The summed E-state index contributed by atoms with van der Waals surface area (Å²) in [7, 11) is 0. The van der Waals surface area contributed by atoms with Gasteiger partial charge in [0.25, 0.3) is 0 Å². The third-order valence-electron chi connectivity index (χ3n) is 12.6. The van der Waals surface area contributed by atoms with Gasteiger partial charge in [-0.3, -0.25) is 0 Å². The van der Waals surface area contributed by atoms with E-state index in [0.717, 1.165) is 25.7 Å². The highest BCUT2D eigenvalue weighted by atomic mass is 16.3. The van der Waals surface area contributed by atoms with E-state index in [4.69, 9.17) is 0 Å². The van der Waals surface area contributed by atoms with Crippen LogP contribution in [0.3, 0.4) is 0 Å². The van der Waals surface area contributed by atoms with Crippen molar-refractivity contribution in [2.45, 2.75) is 97.7 Å². The van der Waals surface area contributed by atoms with Crippen LogP contribution in [0.4, 0.5) is 0 Å². The molecular weight excluding hydrogens is 649 g/mol. The molecule has 9 rings (SSSR count). The molecular formula is C44H48N4O4. The SMILES string of the molecule is Oc1ccc(C2C3C=CC(N3)C(c3ccc(O)cc3)C3CCC(N3)C(c3ccc(O)cc3)C3C=CC(N3)C(c3ccc(O)cc3)C3CCC2N3)cc1. The van der Waals surface area contributed by atoms with Crippen LogP contribution >= 0.6 is 0 Å². The van der Waals surface area contributed by atoms with Crippen LogP contribution in [0, 0.1) is 0 Å². The molecule has 52 heavy (non-hydrogen) atoms. The van der Waals surface area contributed by atoms with Gasteiger partial charge in [0.2, 0.25) is 0 Å². The summed E-state index contributed by atoms with van der Waals surface area (Å²) in [6.45, 7) is 0. The van der Waals surface area contributed by atoms with Crippen molar-refractivity contribution in [2.75, 3.05) is 0 Å². The average Bonchev–Trinajstić information content (AvgIpc) is 3.99. The molecule has 12 unspecified atom stereocenters. The second-order valence-electron chi connectivity index (χ2n) is 15.6. The van der Waals surface area contributed by atoms with Crippen molar-refractivity contribution in [2.24, 2.45) is 0 Å². The van der Waals surface area contributed by atoms with Crippen molar-refractivity contribution in [1.82, 2.24) is 21.3 Å². The molecule has 5 aliphatic heterocycles. The second-order valence-corrected chi connectivity index (χ2v) is 15.6. The van der Waals surface area contributed by atoms with E-state index in [1.807, 2.05) is 0 Å². The lowest BCUT2D eigenvalue weighted by Crippen LogP contribution is -2.52. The lowest BCUT2D eigenvalue weighted by Gasteiger charge is -2.38. The van der Waals surface area contributed by atoms with Gasteiger partial charge in [-0.2, -0.15) is 0 Å². The maximum atomic E-state index is 10.2. The molecule has 0 radical (unpaired) electrons. The summed E-state index contributed by atoms with van der Waals surface area (Å²) in [6, 6.07) is 32.0. The molecule has 3 fully saturated rings. The van der Waals surface area contributed by atoms with Crippen LogP contribution in [0.2, 0.25) is 0 Å². The second kappa shape index (κ2) is 13.7. The average molecular weight is 697 g/mol. The number of phenols is 4. The zero-order chi connectivity index (χ0) is 35.3. The number of nitrogens with one attached hydrogen (secondary N) is 4. The Labute approximate surface area is 305 Å². The summed E-state index contributed by atoms with van der Waals surface area (Å²) in [5.74, 6) is 1.58. The summed E-state index contributed by atoms with van der Waals surface area (Å²) in [6.07, 6.45) is 13.5. The van der Waals surface area contributed by atoms with Crippen LogP contribution < -0.4 is 21.3 Å². The highest BCUT2D eigenvalue weighted by molar-refractivity contribution is 5.40. The number of rotatable bonds is 4. The van der Waals surface area contributed by atoms with Gasteiger partial charge >= 0.3 is 0 Å². The number of aromatic hydroxyl groups is 4. The van der Waals surface area contributed by atoms with E-state index >= 15 is 0 Å². The first-order valence-electron chi connectivity index (χ1n) is 18.9. The lowest BCUT2D eigenvalue weighted by atomic mass is 9.83. The molecule has 8 nitrogen and oxygen atoms in total. The van der Waals surface area contributed by atoms with Crippen molar-refractivity contribution < 1.29 is 20.4 Å². The number of hydrogen-bond donors (Lipinski definition) is 8. The van der Waals surface area contributed by atoms with E-state index in [0.29, 0.717) is 0 Å². The Morgan fingerprint density at radius 2 is 0.519 bits per heavy atom.